The molecule has 3 heterocycles. The Balaban J connectivity index is 1.36. The second kappa shape index (κ2) is 7.02. The molecule has 0 spiro atoms. The topological polar surface area (TPSA) is 66.8 Å². The SMILES string of the molecule is Cn1ccnc1[C@H]1CCCN(C(=O)CCc2n[nH]c3c2CCCC3)C1. The number of carbonyl (C=O) groups is 1. The minimum atomic E-state index is 0.256. The van der Waals surface area contributed by atoms with Crippen molar-refractivity contribution < 1.29 is 4.79 Å². The van der Waals surface area contributed by atoms with E-state index in [0.29, 0.717) is 12.3 Å². The summed E-state index contributed by atoms with van der Waals surface area (Å²) in [4.78, 5) is 19.2. The lowest BCUT2D eigenvalue weighted by Crippen LogP contribution is -2.39. The number of rotatable bonds is 4. The van der Waals surface area contributed by atoms with Crippen molar-refractivity contribution in [1.82, 2.24) is 24.6 Å². The Labute approximate surface area is 148 Å². The average Bonchev–Trinajstić information content (AvgIpc) is 3.26. The Morgan fingerprint density at radius 2 is 2.20 bits per heavy atom. The standard InChI is InChI=1S/C19H27N5O/c1-23-12-10-20-19(23)14-5-4-11-24(13-14)18(25)9-8-17-15-6-2-3-7-16(15)21-22-17/h10,12,14H,2-9,11,13H2,1H3,(H,21,22)/t14-/m0/s1. The van der Waals surface area contributed by atoms with Gasteiger partial charge in [-0.3, -0.25) is 9.89 Å². The van der Waals surface area contributed by atoms with E-state index >= 15 is 0 Å². The van der Waals surface area contributed by atoms with Crippen molar-refractivity contribution in [3.8, 4) is 0 Å². The third-order valence-corrected chi connectivity index (χ3v) is 5.72. The van der Waals surface area contributed by atoms with Crippen molar-refractivity contribution in [2.45, 2.75) is 57.3 Å². The molecule has 1 fully saturated rings. The van der Waals surface area contributed by atoms with Crippen LogP contribution in [0.25, 0.3) is 0 Å². The highest BCUT2D eigenvalue weighted by Gasteiger charge is 2.27. The van der Waals surface area contributed by atoms with E-state index in [1.165, 1.54) is 24.1 Å². The van der Waals surface area contributed by atoms with Gasteiger partial charge >= 0.3 is 0 Å². The number of fused-ring (bicyclic) bond motifs is 1. The summed E-state index contributed by atoms with van der Waals surface area (Å²) in [6.07, 6.45) is 12.0. The predicted molar refractivity (Wildman–Crippen MR) is 95.3 cm³/mol. The number of nitrogens with zero attached hydrogens (tertiary/aromatic N) is 4. The molecule has 1 saturated heterocycles. The number of likely N-dealkylation sites (tertiary alicyclic amines) is 1. The fourth-order valence-electron chi connectivity index (χ4n) is 4.32. The fourth-order valence-corrected chi connectivity index (χ4v) is 4.32. The lowest BCUT2D eigenvalue weighted by Gasteiger charge is -2.32. The number of imidazole rings is 1. The highest BCUT2D eigenvalue weighted by atomic mass is 16.2. The molecule has 0 unspecified atom stereocenters. The minimum Gasteiger partial charge on any atom is -0.342 e. The summed E-state index contributed by atoms with van der Waals surface area (Å²) in [6, 6.07) is 0. The number of aromatic nitrogens is 4. The third kappa shape index (κ3) is 3.34. The lowest BCUT2D eigenvalue weighted by atomic mass is 9.94. The Bertz CT molecular complexity index is 747. The van der Waals surface area contributed by atoms with E-state index in [4.69, 9.17) is 0 Å². The quantitative estimate of drug-likeness (QED) is 0.928. The van der Waals surface area contributed by atoms with E-state index in [1.54, 1.807) is 0 Å². The van der Waals surface area contributed by atoms with Gasteiger partial charge in [0.1, 0.15) is 5.82 Å². The highest BCUT2D eigenvalue weighted by Crippen LogP contribution is 2.27. The van der Waals surface area contributed by atoms with E-state index < -0.39 is 0 Å². The van der Waals surface area contributed by atoms with E-state index in [2.05, 4.69) is 19.7 Å². The van der Waals surface area contributed by atoms with Crippen molar-refractivity contribution in [1.29, 1.82) is 0 Å². The van der Waals surface area contributed by atoms with Gasteiger partial charge in [-0.25, -0.2) is 4.98 Å². The second-order valence-corrected chi connectivity index (χ2v) is 7.41. The molecule has 1 atom stereocenters. The first-order chi connectivity index (χ1) is 12.2. The van der Waals surface area contributed by atoms with E-state index in [1.807, 2.05) is 24.3 Å². The fraction of sp³-hybridized carbons (Fsp3) is 0.632. The summed E-state index contributed by atoms with van der Waals surface area (Å²) < 4.78 is 2.08. The molecular formula is C19H27N5O. The third-order valence-electron chi connectivity index (χ3n) is 5.72. The number of aryl methyl sites for hydroxylation is 3. The molecule has 2 aromatic rings. The number of piperidine rings is 1. The number of aromatic amines is 1. The maximum absolute atomic E-state index is 12.7. The van der Waals surface area contributed by atoms with Crippen LogP contribution in [0.15, 0.2) is 12.4 Å². The summed E-state index contributed by atoms with van der Waals surface area (Å²) in [5.74, 6) is 1.71. The summed E-state index contributed by atoms with van der Waals surface area (Å²) in [6.45, 7) is 1.67. The van der Waals surface area contributed by atoms with Gasteiger partial charge in [0.2, 0.25) is 5.91 Å². The molecule has 4 rings (SSSR count). The van der Waals surface area contributed by atoms with Crippen LogP contribution in [-0.4, -0.2) is 43.6 Å². The molecule has 0 radical (unpaired) electrons. The maximum atomic E-state index is 12.7. The van der Waals surface area contributed by atoms with Gasteiger partial charge in [-0.05, 0) is 44.1 Å². The predicted octanol–water partition coefficient (Wildman–Crippen LogP) is 2.36. The number of hydrogen-bond acceptors (Lipinski definition) is 3. The van der Waals surface area contributed by atoms with Gasteiger partial charge in [0.05, 0.1) is 5.69 Å². The summed E-state index contributed by atoms with van der Waals surface area (Å²) >= 11 is 0. The van der Waals surface area contributed by atoms with Crippen LogP contribution in [0.2, 0.25) is 0 Å². The van der Waals surface area contributed by atoms with E-state index in [0.717, 1.165) is 56.7 Å². The van der Waals surface area contributed by atoms with Crippen molar-refractivity contribution in [2.75, 3.05) is 13.1 Å². The largest absolute Gasteiger partial charge is 0.342 e. The second-order valence-electron chi connectivity index (χ2n) is 7.41. The van der Waals surface area contributed by atoms with Gasteiger partial charge in [-0.15, -0.1) is 0 Å². The summed E-state index contributed by atoms with van der Waals surface area (Å²) in [7, 11) is 2.03. The lowest BCUT2D eigenvalue weighted by molar-refractivity contribution is -0.132. The Morgan fingerprint density at radius 1 is 1.32 bits per heavy atom. The van der Waals surface area contributed by atoms with Crippen LogP contribution in [0.1, 0.15) is 60.8 Å². The first-order valence-corrected chi connectivity index (χ1v) is 9.52. The van der Waals surface area contributed by atoms with Gasteiger partial charge in [0.25, 0.3) is 0 Å². The molecule has 6 nitrogen and oxygen atoms in total. The van der Waals surface area contributed by atoms with Gasteiger partial charge in [0, 0.05) is 57.0 Å². The molecule has 1 N–H and O–H groups in total. The van der Waals surface area contributed by atoms with Crippen molar-refractivity contribution in [3.63, 3.8) is 0 Å². The number of carbonyl (C=O) groups excluding carboxylic acids is 1. The molecule has 2 aliphatic rings. The summed E-state index contributed by atoms with van der Waals surface area (Å²) in [5.41, 5.74) is 3.78. The zero-order valence-corrected chi connectivity index (χ0v) is 15.0. The Kier molecular flexibility index (Phi) is 4.59. The highest BCUT2D eigenvalue weighted by molar-refractivity contribution is 5.76. The molecule has 1 aliphatic heterocycles. The first-order valence-electron chi connectivity index (χ1n) is 9.52. The molecule has 134 valence electrons. The van der Waals surface area contributed by atoms with Crippen LogP contribution in [0.4, 0.5) is 0 Å². The monoisotopic (exact) mass is 341 g/mol. The molecule has 6 heteroatoms. The van der Waals surface area contributed by atoms with Crippen LogP contribution in [-0.2, 0) is 31.1 Å². The molecule has 0 aromatic carbocycles. The summed E-state index contributed by atoms with van der Waals surface area (Å²) in [5, 5.41) is 7.65. The number of amides is 1. The van der Waals surface area contributed by atoms with Crippen LogP contribution < -0.4 is 0 Å². The zero-order valence-electron chi connectivity index (χ0n) is 15.0. The van der Waals surface area contributed by atoms with Crippen LogP contribution in [0.3, 0.4) is 0 Å². The Hall–Kier alpha value is -2.11. The van der Waals surface area contributed by atoms with Gasteiger partial charge in [-0.1, -0.05) is 0 Å². The number of hydrogen-bond donors (Lipinski definition) is 1. The smallest absolute Gasteiger partial charge is 0.222 e. The molecule has 25 heavy (non-hydrogen) atoms. The number of H-pyrrole nitrogens is 1. The molecule has 1 amide bonds. The Morgan fingerprint density at radius 3 is 3.04 bits per heavy atom. The normalized spacial score (nSPS) is 20.5. The van der Waals surface area contributed by atoms with Crippen molar-refractivity contribution in [3.05, 3.63) is 35.2 Å². The van der Waals surface area contributed by atoms with Gasteiger partial charge in [-0.2, -0.15) is 5.10 Å². The van der Waals surface area contributed by atoms with Crippen LogP contribution in [0, 0.1) is 0 Å². The van der Waals surface area contributed by atoms with Crippen molar-refractivity contribution >= 4 is 5.91 Å². The van der Waals surface area contributed by atoms with E-state index in [9.17, 15) is 4.79 Å². The molecule has 2 aromatic heterocycles. The van der Waals surface area contributed by atoms with Crippen LogP contribution >= 0.6 is 0 Å². The van der Waals surface area contributed by atoms with Crippen LogP contribution in [0.5, 0.6) is 0 Å². The van der Waals surface area contributed by atoms with Crippen molar-refractivity contribution in [2.24, 2.45) is 7.05 Å². The average molecular weight is 341 g/mol. The molecular weight excluding hydrogens is 314 g/mol. The zero-order chi connectivity index (χ0) is 17.2. The molecule has 0 saturated carbocycles. The van der Waals surface area contributed by atoms with E-state index in [-0.39, 0.29) is 5.91 Å². The molecule has 0 bridgehead atoms. The maximum Gasteiger partial charge on any atom is 0.222 e. The number of nitrogens with one attached hydrogen (secondary N) is 1. The van der Waals surface area contributed by atoms with Gasteiger partial charge < -0.3 is 9.47 Å². The molecule has 1 aliphatic carbocycles. The first kappa shape index (κ1) is 16.4. The minimum absolute atomic E-state index is 0.256. The van der Waals surface area contributed by atoms with Gasteiger partial charge in [0.15, 0.2) is 0 Å².